The monoisotopic (exact) mass is 779 g/mol. The van der Waals surface area contributed by atoms with Crippen LogP contribution in [0.1, 0.15) is 23.4 Å². The third-order valence-corrected chi connectivity index (χ3v) is 9.69. The van der Waals surface area contributed by atoms with E-state index in [2.05, 4.69) is 42.3 Å². The van der Waals surface area contributed by atoms with Crippen LogP contribution >= 0.6 is 24.8 Å². The summed E-state index contributed by atoms with van der Waals surface area (Å²) in [6.07, 6.45) is 2.68. The molecule has 1 aliphatic heterocycles. The Labute approximate surface area is 331 Å². The van der Waals surface area contributed by atoms with Crippen LogP contribution in [-0.4, -0.2) is 84.4 Å². The lowest BCUT2D eigenvalue weighted by atomic mass is 10.1. The number of aromatic nitrogens is 7. The molecule has 0 atom stereocenters. The number of piperazine rings is 1. The SMILES string of the molecule is COc1ccc2c(c1)cc(-c1nnn(Cc3cccc(OCc4ccc5ccccc5n4)c3)n1)c(=O)n2CCCN1CCN(Cc2ccccn2)CC1.Cl.Cl. The molecule has 0 bridgehead atoms. The van der Waals surface area contributed by atoms with Crippen LogP contribution in [0.5, 0.6) is 11.5 Å². The number of hydrogen-bond acceptors (Lipinski definition) is 10. The van der Waals surface area contributed by atoms with Crippen molar-refractivity contribution in [2.24, 2.45) is 0 Å². The van der Waals surface area contributed by atoms with E-state index in [1.807, 2.05) is 102 Å². The Morgan fingerprint density at radius 3 is 2.40 bits per heavy atom. The molecule has 0 aliphatic carbocycles. The number of benzene rings is 3. The van der Waals surface area contributed by atoms with Gasteiger partial charge in [-0.25, -0.2) is 4.98 Å². The molecule has 8 rings (SSSR count). The number of aryl methyl sites for hydroxylation is 1. The largest absolute Gasteiger partial charge is 0.497 e. The summed E-state index contributed by atoms with van der Waals surface area (Å²) in [6, 6.07) is 33.6. The van der Waals surface area contributed by atoms with Gasteiger partial charge in [-0.2, -0.15) is 4.80 Å². The summed E-state index contributed by atoms with van der Waals surface area (Å²) in [7, 11) is 1.64. The van der Waals surface area contributed by atoms with Crippen LogP contribution in [0.25, 0.3) is 33.2 Å². The van der Waals surface area contributed by atoms with Gasteiger partial charge in [0.25, 0.3) is 5.56 Å². The second kappa shape index (κ2) is 18.3. The Bertz CT molecular complexity index is 2400. The number of para-hydroxylation sites is 1. The maximum atomic E-state index is 14.1. The second-order valence-corrected chi connectivity index (χ2v) is 13.3. The first kappa shape index (κ1) is 39.3. The zero-order valence-corrected chi connectivity index (χ0v) is 32.2. The van der Waals surface area contributed by atoms with Gasteiger partial charge in [0.1, 0.15) is 18.1 Å². The van der Waals surface area contributed by atoms with Gasteiger partial charge < -0.3 is 18.9 Å². The van der Waals surface area contributed by atoms with Gasteiger partial charge in [-0.15, -0.1) is 35.0 Å². The van der Waals surface area contributed by atoms with E-state index in [4.69, 9.17) is 14.5 Å². The molecule has 1 aliphatic rings. The molecule has 0 amide bonds. The van der Waals surface area contributed by atoms with Crippen LogP contribution in [0.15, 0.2) is 114 Å². The molecule has 4 aromatic heterocycles. The molecule has 0 radical (unpaired) electrons. The Morgan fingerprint density at radius 2 is 1.56 bits per heavy atom. The molecule has 0 spiro atoms. The van der Waals surface area contributed by atoms with E-state index in [0.29, 0.717) is 31.0 Å². The number of nitrogens with zero attached hydrogens (tertiary/aromatic N) is 9. The average Bonchev–Trinajstić information content (AvgIpc) is 3.66. The number of halogens is 2. The van der Waals surface area contributed by atoms with Gasteiger partial charge in [0.05, 0.1) is 41.6 Å². The minimum Gasteiger partial charge on any atom is -0.497 e. The van der Waals surface area contributed by atoms with Gasteiger partial charge in [-0.1, -0.05) is 42.5 Å². The van der Waals surface area contributed by atoms with Gasteiger partial charge in [0.2, 0.25) is 5.82 Å². The van der Waals surface area contributed by atoms with Crippen molar-refractivity contribution in [1.29, 1.82) is 0 Å². The molecule has 3 aromatic carbocycles. The highest BCUT2D eigenvalue weighted by Crippen LogP contribution is 2.24. The third-order valence-electron chi connectivity index (χ3n) is 9.69. The standard InChI is InChI=1S/C41H41N9O3.2ClH/c1-52-35-15-16-39-32(25-35)26-37(41(51)49(39)19-7-18-47-20-22-48(23-21-47)28-33-10-4-5-17-42-33)40-44-46-50(45-40)27-30-8-6-11-36(24-30)53-29-34-14-13-31-9-2-3-12-38(31)43-34;;/h2-6,8-17,24-26H,7,18-23,27-29H2,1H3;2*1H. The first-order chi connectivity index (χ1) is 26.1. The van der Waals surface area contributed by atoms with E-state index in [9.17, 15) is 4.79 Å². The van der Waals surface area contributed by atoms with Crippen LogP contribution in [-0.2, 0) is 26.2 Å². The Hall–Kier alpha value is -5.40. The average molecular weight is 781 g/mol. The molecule has 1 saturated heterocycles. The van der Waals surface area contributed by atoms with Crippen molar-refractivity contribution >= 4 is 46.6 Å². The van der Waals surface area contributed by atoms with Crippen LogP contribution in [0.4, 0.5) is 0 Å². The highest BCUT2D eigenvalue weighted by atomic mass is 35.5. The molecule has 0 unspecified atom stereocenters. The summed E-state index contributed by atoms with van der Waals surface area (Å²) in [5.74, 6) is 1.72. The van der Waals surface area contributed by atoms with Crippen LogP contribution < -0.4 is 15.0 Å². The third kappa shape index (κ3) is 9.46. The maximum absolute atomic E-state index is 14.1. The number of hydrogen-bond donors (Lipinski definition) is 0. The Balaban J connectivity index is 0.00000257. The summed E-state index contributed by atoms with van der Waals surface area (Å²) in [4.78, 5) is 29.7. The van der Waals surface area contributed by atoms with E-state index in [1.54, 1.807) is 7.11 Å². The normalized spacial score (nSPS) is 13.3. The lowest BCUT2D eigenvalue weighted by Crippen LogP contribution is -2.46. The molecule has 0 saturated carbocycles. The van der Waals surface area contributed by atoms with E-state index in [0.717, 1.165) is 90.2 Å². The molecular weight excluding hydrogens is 737 g/mol. The topological polar surface area (TPSA) is 116 Å². The molecule has 284 valence electrons. The maximum Gasteiger partial charge on any atom is 0.262 e. The van der Waals surface area contributed by atoms with E-state index < -0.39 is 0 Å². The minimum absolute atomic E-state index is 0. The fraction of sp³-hybridized carbons (Fsp3) is 0.268. The number of tetrazole rings is 1. The minimum atomic E-state index is -0.139. The second-order valence-electron chi connectivity index (χ2n) is 13.3. The number of pyridine rings is 3. The van der Waals surface area contributed by atoms with E-state index >= 15 is 0 Å². The number of ether oxygens (including phenoxy) is 2. The molecule has 14 heteroatoms. The van der Waals surface area contributed by atoms with Crippen molar-refractivity contribution in [1.82, 2.24) is 44.5 Å². The van der Waals surface area contributed by atoms with Crippen LogP contribution in [0.2, 0.25) is 0 Å². The van der Waals surface area contributed by atoms with Crippen molar-refractivity contribution in [2.75, 3.05) is 39.8 Å². The van der Waals surface area contributed by atoms with Crippen LogP contribution in [0.3, 0.4) is 0 Å². The lowest BCUT2D eigenvalue weighted by molar-refractivity contribution is 0.124. The van der Waals surface area contributed by atoms with E-state index in [1.165, 1.54) is 4.80 Å². The number of rotatable bonds is 13. The summed E-state index contributed by atoms with van der Waals surface area (Å²) in [5.41, 5.74) is 4.95. The lowest BCUT2D eigenvalue weighted by Gasteiger charge is -2.34. The van der Waals surface area contributed by atoms with E-state index in [-0.39, 0.29) is 36.2 Å². The van der Waals surface area contributed by atoms with Gasteiger partial charge >= 0.3 is 0 Å². The molecule has 5 heterocycles. The summed E-state index contributed by atoms with van der Waals surface area (Å²) >= 11 is 0. The smallest absolute Gasteiger partial charge is 0.262 e. The summed E-state index contributed by atoms with van der Waals surface area (Å²) in [5, 5.41) is 15.3. The summed E-state index contributed by atoms with van der Waals surface area (Å²) < 4.78 is 13.5. The predicted octanol–water partition coefficient (Wildman–Crippen LogP) is 6.29. The highest BCUT2D eigenvalue weighted by molar-refractivity contribution is 5.86. The quantitative estimate of drug-likeness (QED) is 0.132. The van der Waals surface area contributed by atoms with Crippen molar-refractivity contribution in [3.63, 3.8) is 0 Å². The summed E-state index contributed by atoms with van der Waals surface area (Å²) in [6.45, 7) is 7.03. The molecule has 0 N–H and O–H groups in total. The highest BCUT2D eigenvalue weighted by Gasteiger charge is 2.19. The number of fused-ring (bicyclic) bond motifs is 2. The fourth-order valence-corrected chi connectivity index (χ4v) is 6.88. The fourth-order valence-electron chi connectivity index (χ4n) is 6.88. The molecule has 55 heavy (non-hydrogen) atoms. The van der Waals surface area contributed by atoms with Gasteiger partial charge in [0, 0.05) is 56.2 Å². The number of methoxy groups -OCH3 is 1. The Morgan fingerprint density at radius 1 is 0.727 bits per heavy atom. The first-order valence-electron chi connectivity index (χ1n) is 18.0. The molecule has 12 nitrogen and oxygen atoms in total. The van der Waals surface area contributed by atoms with Gasteiger partial charge in [-0.3, -0.25) is 14.7 Å². The Kier molecular flexibility index (Phi) is 13.1. The van der Waals surface area contributed by atoms with Crippen molar-refractivity contribution < 1.29 is 9.47 Å². The molecule has 7 aromatic rings. The van der Waals surface area contributed by atoms with Crippen molar-refractivity contribution in [3.05, 3.63) is 137 Å². The van der Waals surface area contributed by atoms with Crippen molar-refractivity contribution in [3.8, 4) is 22.9 Å². The first-order valence-corrected chi connectivity index (χ1v) is 18.0. The predicted molar refractivity (Wildman–Crippen MR) is 218 cm³/mol. The van der Waals surface area contributed by atoms with Gasteiger partial charge in [0.15, 0.2) is 0 Å². The zero-order chi connectivity index (χ0) is 36.0. The van der Waals surface area contributed by atoms with Crippen LogP contribution in [0, 0.1) is 0 Å². The molecular formula is C41H43Cl2N9O3. The van der Waals surface area contributed by atoms with Crippen molar-refractivity contribution in [2.45, 2.75) is 32.7 Å². The zero-order valence-electron chi connectivity index (χ0n) is 30.5. The van der Waals surface area contributed by atoms with Gasteiger partial charge in [-0.05, 0) is 84.4 Å². The molecule has 1 fully saturated rings.